The lowest BCUT2D eigenvalue weighted by Crippen LogP contribution is -2.48. The van der Waals surface area contributed by atoms with E-state index in [1.165, 1.54) is 11.3 Å². The second kappa shape index (κ2) is 7.32. The van der Waals surface area contributed by atoms with E-state index in [2.05, 4.69) is 33.7 Å². The number of carbonyl (C=O) groups excluding carboxylic acids is 1. The van der Waals surface area contributed by atoms with E-state index in [-0.39, 0.29) is 11.3 Å². The Hall–Kier alpha value is -1.59. The fourth-order valence-corrected chi connectivity index (χ4v) is 3.72. The largest absolute Gasteiger partial charge is 0.384 e. The molecule has 2 heterocycles. The van der Waals surface area contributed by atoms with Crippen LogP contribution in [0.4, 0.5) is 5.69 Å². The van der Waals surface area contributed by atoms with Gasteiger partial charge in [0.1, 0.15) is 0 Å². The Bertz CT molecular complexity index is 535. The molecule has 3 rings (SSSR count). The molecule has 0 radical (unpaired) electrons. The fourth-order valence-electron chi connectivity index (χ4n) is 3.72. The van der Waals surface area contributed by atoms with Crippen LogP contribution < -0.4 is 15.5 Å². The number of methoxy groups -OCH3 is 1. The first kappa shape index (κ1) is 16.3. The van der Waals surface area contributed by atoms with Crippen molar-refractivity contribution < 1.29 is 9.53 Å². The van der Waals surface area contributed by atoms with Crippen LogP contribution in [-0.4, -0.2) is 52.3 Å². The van der Waals surface area contributed by atoms with Gasteiger partial charge in [-0.1, -0.05) is 18.2 Å². The molecule has 2 N–H and O–H groups in total. The van der Waals surface area contributed by atoms with Gasteiger partial charge in [0.2, 0.25) is 5.91 Å². The number of benzene rings is 1. The summed E-state index contributed by atoms with van der Waals surface area (Å²) in [6.07, 6.45) is 3.13. The molecule has 1 fully saturated rings. The Kier molecular flexibility index (Phi) is 5.18. The number of para-hydroxylation sites is 1. The summed E-state index contributed by atoms with van der Waals surface area (Å²) in [5.41, 5.74) is 2.63. The predicted octanol–water partition coefficient (Wildman–Crippen LogP) is 1.18. The summed E-state index contributed by atoms with van der Waals surface area (Å²) < 4.78 is 5.41. The highest BCUT2D eigenvalue weighted by molar-refractivity contribution is 5.82. The minimum atomic E-state index is 0.0819. The van der Waals surface area contributed by atoms with Crippen LogP contribution in [0.5, 0.6) is 0 Å². The monoisotopic (exact) mass is 317 g/mol. The molecule has 0 saturated carbocycles. The maximum atomic E-state index is 12.4. The first-order valence-corrected chi connectivity index (χ1v) is 8.52. The first-order chi connectivity index (χ1) is 11.2. The van der Waals surface area contributed by atoms with Gasteiger partial charge in [-0.25, -0.2) is 0 Å². The molecular weight excluding hydrogens is 290 g/mol. The van der Waals surface area contributed by atoms with Crippen molar-refractivity contribution in [3.05, 3.63) is 29.8 Å². The van der Waals surface area contributed by atoms with Crippen molar-refractivity contribution in [3.63, 3.8) is 0 Å². The van der Waals surface area contributed by atoms with E-state index in [0.717, 1.165) is 38.9 Å². The fraction of sp³-hybridized carbons (Fsp3) is 0.611. The first-order valence-electron chi connectivity index (χ1n) is 8.52. The van der Waals surface area contributed by atoms with Crippen molar-refractivity contribution in [3.8, 4) is 0 Å². The highest BCUT2D eigenvalue weighted by Gasteiger charge is 2.32. The number of nitrogens with one attached hydrogen (secondary N) is 2. The van der Waals surface area contributed by atoms with Crippen molar-refractivity contribution in [2.75, 3.05) is 51.3 Å². The zero-order valence-electron chi connectivity index (χ0n) is 13.9. The predicted molar refractivity (Wildman–Crippen MR) is 91.8 cm³/mol. The van der Waals surface area contributed by atoms with Crippen molar-refractivity contribution in [1.82, 2.24) is 10.6 Å². The lowest BCUT2D eigenvalue weighted by atomic mass is 9.79. The summed E-state index contributed by atoms with van der Waals surface area (Å²) in [7, 11) is 1.74. The molecule has 1 aromatic carbocycles. The number of ether oxygens (including phenoxy) is 1. The van der Waals surface area contributed by atoms with Crippen LogP contribution in [0.3, 0.4) is 0 Å². The van der Waals surface area contributed by atoms with Crippen molar-refractivity contribution >= 4 is 11.6 Å². The van der Waals surface area contributed by atoms with Gasteiger partial charge >= 0.3 is 0 Å². The summed E-state index contributed by atoms with van der Waals surface area (Å²) >= 11 is 0. The van der Waals surface area contributed by atoms with Crippen molar-refractivity contribution in [2.45, 2.75) is 19.3 Å². The van der Waals surface area contributed by atoms with Gasteiger partial charge in [-0.15, -0.1) is 0 Å². The SMILES string of the molecule is COCC1(CNC(=O)CN2CCc3ccccc32)CCNCC1. The lowest BCUT2D eigenvalue weighted by Gasteiger charge is -2.37. The number of nitrogens with zero attached hydrogens (tertiary/aromatic N) is 1. The summed E-state index contributed by atoms with van der Waals surface area (Å²) in [5, 5.41) is 6.53. The van der Waals surface area contributed by atoms with Gasteiger partial charge in [-0.2, -0.15) is 0 Å². The van der Waals surface area contributed by atoms with E-state index in [1.54, 1.807) is 7.11 Å². The second-order valence-corrected chi connectivity index (χ2v) is 6.76. The van der Waals surface area contributed by atoms with Crippen LogP contribution >= 0.6 is 0 Å². The number of piperidine rings is 1. The third-order valence-electron chi connectivity index (χ3n) is 5.09. The summed E-state index contributed by atoms with van der Waals surface area (Å²) in [5.74, 6) is 0.107. The van der Waals surface area contributed by atoms with Crippen LogP contribution in [0.1, 0.15) is 18.4 Å². The molecule has 5 heteroatoms. The van der Waals surface area contributed by atoms with E-state index in [9.17, 15) is 4.79 Å². The standard InChI is InChI=1S/C18H27N3O2/c1-23-14-18(7-9-19-10-8-18)13-20-17(22)12-21-11-6-15-4-2-3-5-16(15)21/h2-5,19H,6-14H2,1H3,(H,20,22). The number of carbonyl (C=O) groups is 1. The molecule has 1 aromatic rings. The minimum Gasteiger partial charge on any atom is -0.384 e. The minimum absolute atomic E-state index is 0.0819. The van der Waals surface area contributed by atoms with Crippen LogP contribution in [0.2, 0.25) is 0 Å². The number of anilines is 1. The molecule has 126 valence electrons. The molecule has 0 bridgehead atoms. The van der Waals surface area contributed by atoms with Crippen LogP contribution in [0, 0.1) is 5.41 Å². The van der Waals surface area contributed by atoms with E-state index in [0.29, 0.717) is 19.7 Å². The molecule has 0 aliphatic carbocycles. The van der Waals surface area contributed by atoms with E-state index >= 15 is 0 Å². The number of hydrogen-bond donors (Lipinski definition) is 2. The zero-order valence-corrected chi connectivity index (χ0v) is 13.9. The third kappa shape index (κ3) is 3.85. The third-order valence-corrected chi connectivity index (χ3v) is 5.09. The average Bonchev–Trinajstić information content (AvgIpc) is 2.98. The van der Waals surface area contributed by atoms with Crippen LogP contribution in [-0.2, 0) is 16.0 Å². The second-order valence-electron chi connectivity index (χ2n) is 6.76. The molecule has 1 saturated heterocycles. The molecule has 5 nitrogen and oxygen atoms in total. The molecule has 2 aliphatic rings. The Morgan fingerprint density at radius 3 is 2.91 bits per heavy atom. The summed E-state index contributed by atoms with van der Waals surface area (Å²) in [4.78, 5) is 14.6. The van der Waals surface area contributed by atoms with E-state index in [1.807, 2.05) is 6.07 Å². The van der Waals surface area contributed by atoms with Gasteiger partial charge in [-0.3, -0.25) is 4.79 Å². The van der Waals surface area contributed by atoms with Crippen LogP contribution in [0.15, 0.2) is 24.3 Å². The van der Waals surface area contributed by atoms with Gasteiger partial charge in [-0.05, 0) is 44.0 Å². The van der Waals surface area contributed by atoms with E-state index < -0.39 is 0 Å². The maximum Gasteiger partial charge on any atom is 0.239 e. The molecule has 0 spiro atoms. The molecule has 1 amide bonds. The molecule has 0 unspecified atom stereocenters. The van der Waals surface area contributed by atoms with Gasteiger partial charge < -0.3 is 20.3 Å². The topological polar surface area (TPSA) is 53.6 Å². The quantitative estimate of drug-likeness (QED) is 0.827. The van der Waals surface area contributed by atoms with Crippen LogP contribution in [0.25, 0.3) is 0 Å². The van der Waals surface area contributed by atoms with Gasteiger partial charge in [0, 0.05) is 31.3 Å². The average molecular weight is 317 g/mol. The maximum absolute atomic E-state index is 12.4. The Morgan fingerprint density at radius 2 is 2.13 bits per heavy atom. The van der Waals surface area contributed by atoms with Gasteiger partial charge in [0.05, 0.1) is 13.2 Å². The van der Waals surface area contributed by atoms with E-state index in [4.69, 9.17) is 4.74 Å². The summed E-state index contributed by atoms with van der Waals surface area (Å²) in [6.45, 7) is 4.79. The van der Waals surface area contributed by atoms with Crippen molar-refractivity contribution in [1.29, 1.82) is 0 Å². The molecular formula is C18H27N3O2. The lowest BCUT2D eigenvalue weighted by molar-refractivity contribution is -0.120. The number of rotatable bonds is 6. The molecule has 0 aromatic heterocycles. The smallest absolute Gasteiger partial charge is 0.239 e. The molecule has 2 aliphatic heterocycles. The summed E-state index contributed by atoms with van der Waals surface area (Å²) in [6, 6.07) is 8.36. The zero-order chi connectivity index (χ0) is 16.1. The van der Waals surface area contributed by atoms with Crippen molar-refractivity contribution in [2.24, 2.45) is 5.41 Å². The highest BCUT2D eigenvalue weighted by Crippen LogP contribution is 2.29. The number of hydrogen-bond acceptors (Lipinski definition) is 4. The molecule has 0 atom stereocenters. The Labute approximate surface area is 138 Å². The van der Waals surface area contributed by atoms with Gasteiger partial charge in [0.15, 0.2) is 0 Å². The van der Waals surface area contributed by atoms with Gasteiger partial charge in [0.25, 0.3) is 0 Å². The highest BCUT2D eigenvalue weighted by atomic mass is 16.5. The number of amides is 1. The Morgan fingerprint density at radius 1 is 1.35 bits per heavy atom. The normalized spacial score (nSPS) is 19.4. The molecule has 23 heavy (non-hydrogen) atoms. The Balaban J connectivity index is 1.53. The number of fused-ring (bicyclic) bond motifs is 1.